The lowest BCUT2D eigenvalue weighted by Gasteiger charge is -2.36. The van der Waals surface area contributed by atoms with Crippen LogP contribution in [0.15, 0.2) is 0 Å². The van der Waals surface area contributed by atoms with Crippen LogP contribution in [0.2, 0.25) is 0 Å². The van der Waals surface area contributed by atoms with E-state index < -0.39 is 0 Å². The van der Waals surface area contributed by atoms with Gasteiger partial charge in [-0.25, -0.2) is 0 Å². The van der Waals surface area contributed by atoms with Crippen LogP contribution < -0.4 is 11.1 Å². The van der Waals surface area contributed by atoms with Crippen LogP contribution in [-0.2, 0) is 0 Å². The highest BCUT2D eigenvalue weighted by molar-refractivity contribution is 4.84. The molecule has 0 saturated carbocycles. The van der Waals surface area contributed by atoms with Crippen LogP contribution in [0.4, 0.5) is 0 Å². The van der Waals surface area contributed by atoms with Crippen molar-refractivity contribution in [3.63, 3.8) is 0 Å². The maximum absolute atomic E-state index is 5.86. The van der Waals surface area contributed by atoms with Crippen molar-refractivity contribution in [2.75, 3.05) is 13.1 Å². The van der Waals surface area contributed by atoms with Crippen LogP contribution in [0, 0.1) is 11.3 Å². The summed E-state index contributed by atoms with van der Waals surface area (Å²) in [6, 6.07) is 0.368. The zero-order valence-corrected chi connectivity index (χ0v) is 7.85. The second-order valence-electron chi connectivity index (χ2n) is 4.72. The summed E-state index contributed by atoms with van der Waals surface area (Å²) in [5.41, 5.74) is 6.27. The van der Waals surface area contributed by atoms with Crippen LogP contribution >= 0.6 is 0 Å². The largest absolute Gasteiger partial charge is 0.327 e. The van der Waals surface area contributed by atoms with Crippen molar-refractivity contribution in [2.45, 2.75) is 33.2 Å². The first-order valence-electron chi connectivity index (χ1n) is 4.46. The van der Waals surface area contributed by atoms with Gasteiger partial charge in [0.1, 0.15) is 0 Å². The van der Waals surface area contributed by atoms with Gasteiger partial charge in [0.05, 0.1) is 0 Å². The average Bonchev–Trinajstić information content (AvgIpc) is 1.86. The first kappa shape index (κ1) is 9.01. The Hall–Kier alpha value is -0.0800. The minimum absolute atomic E-state index is 0.368. The number of hydrogen-bond donors (Lipinski definition) is 2. The van der Waals surface area contributed by atoms with Gasteiger partial charge >= 0.3 is 0 Å². The zero-order chi connectivity index (χ0) is 8.48. The van der Waals surface area contributed by atoms with Crippen LogP contribution in [0.25, 0.3) is 0 Å². The van der Waals surface area contributed by atoms with Crippen molar-refractivity contribution in [3.8, 4) is 0 Å². The Morgan fingerprint density at radius 3 is 2.27 bits per heavy atom. The molecule has 0 amide bonds. The Morgan fingerprint density at radius 2 is 1.91 bits per heavy atom. The van der Waals surface area contributed by atoms with E-state index in [1.807, 2.05) is 0 Å². The fourth-order valence-corrected chi connectivity index (χ4v) is 1.63. The molecule has 1 fully saturated rings. The third kappa shape index (κ3) is 2.46. The van der Waals surface area contributed by atoms with E-state index in [4.69, 9.17) is 5.73 Å². The highest BCUT2D eigenvalue weighted by Gasteiger charge is 2.28. The Bertz CT molecular complexity index is 126. The van der Waals surface area contributed by atoms with Crippen molar-refractivity contribution < 1.29 is 0 Å². The van der Waals surface area contributed by atoms with Gasteiger partial charge in [0.2, 0.25) is 0 Å². The molecule has 0 aliphatic carbocycles. The average molecular weight is 156 g/mol. The molecule has 1 heterocycles. The molecule has 0 aromatic heterocycles. The Labute approximate surface area is 69.5 Å². The maximum Gasteiger partial charge on any atom is 0.0168 e. The molecule has 0 bridgehead atoms. The number of piperidine rings is 1. The van der Waals surface area contributed by atoms with Gasteiger partial charge in [-0.2, -0.15) is 0 Å². The molecule has 2 nitrogen and oxygen atoms in total. The van der Waals surface area contributed by atoms with Gasteiger partial charge in [0.15, 0.2) is 0 Å². The maximum atomic E-state index is 5.86. The molecule has 0 radical (unpaired) electrons. The third-order valence-corrected chi connectivity index (χ3v) is 2.61. The Kier molecular flexibility index (Phi) is 2.55. The van der Waals surface area contributed by atoms with E-state index >= 15 is 0 Å². The fourth-order valence-electron chi connectivity index (χ4n) is 1.63. The van der Waals surface area contributed by atoms with Crippen molar-refractivity contribution in [2.24, 2.45) is 17.1 Å². The van der Waals surface area contributed by atoms with Gasteiger partial charge in [-0.05, 0) is 24.3 Å². The predicted octanol–water partition coefficient (Wildman–Crippen LogP) is 0.969. The molecule has 1 saturated heterocycles. The van der Waals surface area contributed by atoms with E-state index in [-0.39, 0.29) is 0 Å². The number of rotatable bonds is 0. The lowest BCUT2D eigenvalue weighted by atomic mass is 9.76. The molecule has 1 aliphatic rings. The molecule has 0 spiro atoms. The van der Waals surface area contributed by atoms with Crippen molar-refractivity contribution in [1.82, 2.24) is 5.32 Å². The summed E-state index contributed by atoms with van der Waals surface area (Å²) >= 11 is 0. The minimum atomic E-state index is 0.368. The van der Waals surface area contributed by atoms with Crippen LogP contribution in [0.1, 0.15) is 27.2 Å². The summed E-state index contributed by atoms with van der Waals surface area (Å²) in [5, 5.41) is 3.37. The monoisotopic (exact) mass is 156 g/mol. The minimum Gasteiger partial charge on any atom is -0.327 e. The van der Waals surface area contributed by atoms with Crippen LogP contribution in [0.3, 0.4) is 0 Å². The molecule has 2 atom stereocenters. The number of nitrogens with two attached hydrogens (primary N) is 1. The molecule has 11 heavy (non-hydrogen) atoms. The summed E-state index contributed by atoms with van der Waals surface area (Å²) in [5.74, 6) is 0.742. The molecule has 3 N–H and O–H groups in total. The molecule has 2 unspecified atom stereocenters. The molecular weight excluding hydrogens is 136 g/mol. The summed E-state index contributed by atoms with van der Waals surface area (Å²) in [6.45, 7) is 9.00. The Morgan fingerprint density at radius 1 is 1.27 bits per heavy atom. The van der Waals surface area contributed by atoms with E-state index in [1.54, 1.807) is 0 Å². The van der Waals surface area contributed by atoms with Crippen LogP contribution in [0.5, 0.6) is 0 Å². The molecule has 0 aromatic rings. The third-order valence-electron chi connectivity index (χ3n) is 2.61. The van der Waals surface area contributed by atoms with Crippen molar-refractivity contribution >= 4 is 0 Å². The highest BCUT2D eigenvalue weighted by Crippen LogP contribution is 2.30. The van der Waals surface area contributed by atoms with Gasteiger partial charge in [-0.15, -0.1) is 0 Å². The fraction of sp³-hybridized carbons (Fsp3) is 1.00. The molecular formula is C9H20N2. The first-order valence-corrected chi connectivity index (χ1v) is 4.46. The zero-order valence-electron chi connectivity index (χ0n) is 7.85. The molecule has 1 rings (SSSR count). The van der Waals surface area contributed by atoms with Gasteiger partial charge < -0.3 is 11.1 Å². The second kappa shape index (κ2) is 3.11. The highest BCUT2D eigenvalue weighted by atomic mass is 14.9. The molecule has 0 aromatic carbocycles. The van der Waals surface area contributed by atoms with Crippen LogP contribution in [-0.4, -0.2) is 19.1 Å². The van der Waals surface area contributed by atoms with Gasteiger partial charge in [-0.1, -0.05) is 20.8 Å². The lowest BCUT2D eigenvalue weighted by Crippen LogP contribution is -2.47. The van der Waals surface area contributed by atoms with E-state index in [0.717, 1.165) is 19.0 Å². The summed E-state index contributed by atoms with van der Waals surface area (Å²) in [6.07, 6.45) is 1.18. The quantitative estimate of drug-likeness (QED) is 0.548. The van der Waals surface area contributed by atoms with Gasteiger partial charge in [-0.3, -0.25) is 0 Å². The topological polar surface area (TPSA) is 38.0 Å². The molecule has 2 heteroatoms. The normalized spacial score (nSPS) is 33.8. The van der Waals surface area contributed by atoms with E-state index in [9.17, 15) is 0 Å². The Balaban J connectivity index is 2.46. The lowest BCUT2D eigenvalue weighted by molar-refractivity contribution is 0.181. The predicted molar refractivity (Wildman–Crippen MR) is 48.4 cm³/mol. The summed E-state index contributed by atoms with van der Waals surface area (Å²) in [4.78, 5) is 0. The standard InChI is InChI=1S/C9H20N2/c1-9(2,3)7-4-8(10)6-11-5-7/h7-8,11H,4-6,10H2,1-3H3. The SMILES string of the molecule is CC(C)(C)C1CNCC(N)C1. The molecule has 1 aliphatic heterocycles. The van der Waals surface area contributed by atoms with Gasteiger partial charge in [0.25, 0.3) is 0 Å². The van der Waals surface area contributed by atoms with E-state index in [1.165, 1.54) is 6.42 Å². The smallest absolute Gasteiger partial charge is 0.0168 e. The van der Waals surface area contributed by atoms with E-state index in [2.05, 4.69) is 26.1 Å². The summed E-state index contributed by atoms with van der Waals surface area (Å²) < 4.78 is 0. The first-order chi connectivity index (χ1) is 5.00. The van der Waals surface area contributed by atoms with E-state index in [0.29, 0.717) is 11.5 Å². The second-order valence-corrected chi connectivity index (χ2v) is 4.72. The summed E-state index contributed by atoms with van der Waals surface area (Å²) in [7, 11) is 0. The van der Waals surface area contributed by atoms with Crippen molar-refractivity contribution in [1.29, 1.82) is 0 Å². The number of nitrogens with one attached hydrogen (secondary N) is 1. The van der Waals surface area contributed by atoms with Crippen molar-refractivity contribution in [3.05, 3.63) is 0 Å². The van der Waals surface area contributed by atoms with Gasteiger partial charge in [0, 0.05) is 12.6 Å². The molecule has 66 valence electrons. The number of hydrogen-bond acceptors (Lipinski definition) is 2.